The number of rotatable bonds is 3. The Hall–Kier alpha value is -1.08. The van der Waals surface area contributed by atoms with Gasteiger partial charge in [0.2, 0.25) is 0 Å². The quantitative estimate of drug-likeness (QED) is 0.821. The van der Waals surface area contributed by atoms with Gasteiger partial charge >= 0.3 is 0 Å². The van der Waals surface area contributed by atoms with Gasteiger partial charge in [0.15, 0.2) is 0 Å². The first-order valence-corrected chi connectivity index (χ1v) is 7.15. The molecule has 0 aliphatic heterocycles. The number of aromatic nitrogens is 2. The Bertz CT molecular complexity index is 624. The van der Waals surface area contributed by atoms with Crippen molar-refractivity contribution < 1.29 is 4.79 Å². The SMILES string of the molecule is Cc1c(CNC(=O)c2cc(Cl)ccc2I)cnn1C. The highest BCUT2D eigenvalue weighted by atomic mass is 127. The summed E-state index contributed by atoms with van der Waals surface area (Å²) < 4.78 is 2.66. The van der Waals surface area contributed by atoms with Crippen molar-refractivity contribution in [1.82, 2.24) is 15.1 Å². The predicted molar refractivity (Wildman–Crippen MR) is 83.3 cm³/mol. The first-order valence-electron chi connectivity index (χ1n) is 5.69. The summed E-state index contributed by atoms with van der Waals surface area (Å²) in [5, 5.41) is 7.58. The Kier molecular flexibility index (Phi) is 4.46. The maximum absolute atomic E-state index is 12.1. The Labute approximate surface area is 130 Å². The van der Waals surface area contributed by atoms with Crippen LogP contribution in [-0.2, 0) is 13.6 Å². The van der Waals surface area contributed by atoms with E-state index in [9.17, 15) is 4.79 Å². The molecule has 0 aliphatic carbocycles. The second kappa shape index (κ2) is 5.92. The largest absolute Gasteiger partial charge is 0.348 e. The molecule has 1 aromatic carbocycles. The molecule has 4 nitrogen and oxygen atoms in total. The molecule has 1 N–H and O–H groups in total. The second-order valence-corrected chi connectivity index (χ2v) is 5.78. The highest BCUT2D eigenvalue weighted by Crippen LogP contribution is 2.18. The van der Waals surface area contributed by atoms with Crippen LogP contribution in [0.1, 0.15) is 21.6 Å². The van der Waals surface area contributed by atoms with Gasteiger partial charge in [0, 0.05) is 33.4 Å². The highest BCUT2D eigenvalue weighted by Gasteiger charge is 2.11. The van der Waals surface area contributed by atoms with Gasteiger partial charge in [0.05, 0.1) is 11.8 Å². The predicted octanol–water partition coefficient (Wildman–Crippen LogP) is 2.92. The number of nitrogens with one attached hydrogen (secondary N) is 1. The number of benzene rings is 1. The summed E-state index contributed by atoms with van der Waals surface area (Å²) in [6.45, 7) is 2.43. The molecule has 0 fully saturated rings. The van der Waals surface area contributed by atoms with E-state index < -0.39 is 0 Å². The fraction of sp³-hybridized carbons (Fsp3) is 0.231. The number of hydrogen-bond acceptors (Lipinski definition) is 2. The molecular weight excluding hydrogens is 377 g/mol. The van der Waals surface area contributed by atoms with E-state index in [2.05, 4.69) is 33.0 Å². The van der Waals surface area contributed by atoms with Crippen molar-refractivity contribution in [1.29, 1.82) is 0 Å². The summed E-state index contributed by atoms with van der Waals surface area (Å²) >= 11 is 8.03. The van der Waals surface area contributed by atoms with Crippen LogP contribution in [0.3, 0.4) is 0 Å². The third-order valence-corrected chi connectivity index (χ3v) is 4.13. The lowest BCUT2D eigenvalue weighted by Crippen LogP contribution is -2.23. The van der Waals surface area contributed by atoms with E-state index >= 15 is 0 Å². The summed E-state index contributed by atoms with van der Waals surface area (Å²) in [4.78, 5) is 12.1. The molecular formula is C13H13ClIN3O. The fourth-order valence-corrected chi connectivity index (χ4v) is 2.41. The van der Waals surface area contributed by atoms with Gasteiger partial charge in [-0.3, -0.25) is 9.48 Å². The summed E-state index contributed by atoms with van der Waals surface area (Å²) in [6, 6.07) is 5.27. The van der Waals surface area contributed by atoms with Crippen molar-refractivity contribution in [3.63, 3.8) is 0 Å². The zero-order valence-corrected chi connectivity index (χ0v) is 13.5. The van der Waals surface area contributed by atoms with E-state index in [1.54, 1.807) is 23.0 Å². The molecule has 1 aromatic heterocycles. The lowest BCUT2D eigenvalue weighted by atomic mass is 10.2. The zero-order chi connectivity index (χ0) is 14.0. The maximum atomic E-state index is 12.1. The monoisotopic (exact) mass is 389 g/mol. The lowest BCUT2D eigenvalue weighted by Gasteiger charge is -2.07. The van der Waals surface area contributed by atoms with Crippen LogP contribution in [0.15, 0.2) is 24.4 Å². The topological polar surface area (TPSA) is 46.9 Å². The first kappa shape index (κ1) is 14.3. The smallest absolute Gasteiger partial charge is 0.252 e. The van der Waals surface area contributed by atoms with Gasteiger partial charge < -0.3 is 5.32 Å². The Morgan fingerprint density at radius 1 is 1.53 bits per heavy atom. The summed E-state index contributed by atoms with van der Waals surface area (Å²) in [6.07, 6.45) is 1.76. The minimum atomic E-state index is -0.129. The first-order chi connectivity index (χ1) is 8.99. The van der Waals surface area contributed by atoms with Crippen LogP contribution in [0, 0.1) is 10.5 Å². The molecule has 19 heavy (non-hydrogen) atoms. The third-order valence-electron chi connectivity index (χ3n) is 2.95. The van der Waals surface area contributed by atoms with E-state index in [1.807, 2.05) is 20.0 Å². The fourth-order valence-electron chi connectivity index (χ4n) is 1.66. The van der Waals surface area contributed by atoms with E-state index in [0.29, 0.717) is 17.1 Å². The van der Waals surface area contributed by atoms with Crippen LogP contribution in [0.25, 0.3) is 0 Å². The van der Waals surface area contributed by atoms with Crippen LogP contribution >= 0.6 is 34.2 Å². The number of aryl methyl sites for hydroxylation is 1. The van der Waals surface area contributed by atoms with Crippen molar-refractivity contribution in [2.45, 2.75) is 13.5 Å². The molecule has 0 radical (unpaired) electrons. The highest BCUT2D eigenvalue weighted by molar-refractivity contribution is 14.1. The average Bonchev–Trinajstić information content (AvgIpc) is 2.70. The summed E-state index contributed by atoms with van der Waals surface area (Å²) in [5.41, 5.74) is 2.64. The minimum Gasteiger partial charge on any atom is -0.348 e. The molecule has 2 rings (SSSR count). The molecule has 0 spiro atoms. The molecule has 100 valence electrons. The zero-order valence-electron chi connectivity index (χ0n) is 10.6. The van der Waals surface area contributed by atoms with Crippen LogP contribution < -0.4 is 5.32 Å². The van der Waals surface area contributed by atoms with Crippen molar-refractivity contribution in [3.8, 4) is 0 Å². The second-order valence-electron chi connectivity index (χ2n) is 4.19. The van der Waals surface area contributed by atoms with E-state index in [-0.39, 0.29) is 5.91 Å². The Balaban J connectivity index is 2.09. The molecule has 0 unspecified atom stereocenters. The summed E-state index contributed by atoms with van der Waals surface area (Å²) in [7, 11) is 1.88. The molecule has 1 amide bonds. The van der Waals surface area contributed by atoms with Crippen LogP contribution in [0.4, 0.5) is 0 Å². The molecule has 1 heterocycles. The number of halogens is 2. The maximum Gasteiger partial charge on any atom is 0.252 e. The van der Waals surface area contributed by atoms with Crippen LogP contribution in [0.2, 0.25) is 5.02 Å². The number of carbonyl (C=O) groups excluding carboxylic acids is 1. The number of amides is 1. The normalized spacial score (nSPS) is 10.5. The third kappa shape index (κ3) is 3.27. The van der Waals surface area contributed by atoms with Gasteiger partial charge in [0.1, 0.15) is 0 Å². The van der Waals surface area contributed by atoms with Gasteiger partial charge in [-0.25, -0.2) is 0 Å². The molecule has 6 heteroatoms. The molecule has 0 atom stereocenters. The molecule has 0 aliphatic rings. The number of nitrogens with zero attached hydrogens (tertiary/aromatic N) is 2. The van der Waals surface area contributed by atoms with Crippen LogP contribution in [0.5, 0.6) is 0 Å². The van der Waals surface area contributed by atoms with Gasteiger partial charge in [-0.05, 0) is 47.7 Å². The van der Waals surface area contributed by atoms with E-state index in [4.69, 9.17) is 11.6 Å². The van der Waals surface area contributed by atoms with Crippen molar-refractivity contribution in [3.05, 3.63) is 49.8 Å². The van der Waals surface area contributed by atoms with Crippen molar-refractivity contribution in [2.75, 3.05) is 0 Å². The molecule has 2 aromatic rings. The summed E-state index contributed by atoms with van der Waals surface area (Å²) in [5.74, 6) is -0.129. The minimum absolute atomic E-state index is 0.129. The average molecular weight is 390 g/mol. The molecule has 0 saturated carbocycles. The van der Waals surface area contributed by atoms with Crippen molar-refractivity contribution >= 4 is 40.1 Å². The van der Waals surface area contributed by atoms with E-state index in [0.717, 1.165) is 14.8 Å². The van der Waals surface area contributed by atoms with Crippen molar-refractivity contribution in [2.24, 2.45) is 7.05 Å². The number of carbonyl (C=O) groups is 1. The van der Waals surface area contributed by atoms with Crippen LogP contribution in [-0.4, -0.2) is 15.7 Å². The van der Waals surface area contributed by atoms with Gasteiger partial charge in [0.25, 0.3) is 5.91 Å². The standard InChI is InChI=1S/C13H13ClIN3O/c1-8-9(7-17-18(8)2)6-16-13(19)11-5-10(14)3-4-12(11)15/h3-5,7H,6H2,1-2H3,(H,16,19). The van der Waals surface area contributed by atoms with Gasteiger partial charge in [-0.1, -0.05) is 11.6 Å². The number of hydrogen-bond donors (Lipinski definition) is 1. The molecule has 0 bridgehead atoms. The Morgan fingerprint density at radius 3 is 2.89 bits per heavy atom. The lowest BCUT2D eigenvalue weighted by molar-refractivity contribution is 0.0950. The van der Waals surface area contributed by atoms with Gasteiger partial charge in [-0.15, -0.1) is 0 Å². The van der Waals surface area contributed by atoms with Gasteiger partial charge in [-0.2, -0.15) is 5.10 Å². The molecule has 0 saturated heterocycles. The van der Waals surface area contributed by atoms with E-state index in [1.165, 1.54) is 0 Å². The Morgan fingerprint density at radius 2 is 2.26 bits per heavy atom.